The van der Waals surface area contributed by atoms with Crippen molar-refractivity contribution >= 4 is 5.91 Å². The molecule has 7 nitrogen and oxygen atoms in total. The van der Waals surface area contributed by atoms with Gasteiger partial charge in [-0.25, -0.2) is 0 Å². The summed E-state index contributed by atoms with van der Waals surface area (Å²) in [6.07, 6.45) is 6.70. The largest absolute Gasteiger partial charge is 0.468 e. The first-order valence-electron chi connectivity index (χ1n) is 9.13. The van der Waals surface area contributed by atoms with E-state index in [2.05, 4.69) is 20.2 Å². The topological polar surface area (TPSA) is 80.5 Å². The second-order valence-electron chi connectivity index (χ2n) is 7.13. The van der Waals surface area contributed by atoms with E-state index in [-0.39, 0.29) is 18.1 Å². The molecule has 2 aromatic heterocycles. The van der Waals surface area contributed by atoms with Gasteiger partial charge in [-0.2, -0.15) is 0 Å². The Morgan fingerprint density at radius 1 is 1.38 bits per heavy atom. The standard InChI is InChI=1S/C19H24N4O3/c1-13-8-21-15(9-20-13)10-22-19(24)17-7-14-4-5-23(12-18(14)26-17)11-16-3-2-6-25-16/h2-3,6,8-9,14,17-18H,4-5,7,10-12H2,1H3,(H,22,24)/t14-,17-,18+/m0/s1. The van der Waals surface area contributed by atoms with Gasteiger partial charge in [-0.05, 0) is 44.4 Å². The third-order valence-corrected chi connectivity index (χ3v) is 5.17. The van der Waals surface area contributed by atoms with Crippen LogP contribution < -0.4 is 5.32 Å². The molecule has 0 unspecified atom stereocenters. The van der Waals surface area contributed by atoms with Crippen molar-refractivity contribution in [2.45, 2.75) is 45.1 Å². The number of rotatable bonds is 5. The van der Waals surface area contributed by atoms with Crippen molar-refractivity contribution in [3.05, 3.63) is 47.9 Å². The molecule has 4 rings (SSSR count). The van der Waals surface area contributed by atoms with E-state index in [0.717, 1.165) is 49.6 Å². The van der Waals surface area contributed by atoms with Crippen LogP contribution in [-0.4, -0.2) is 46.1 Å². The molecular weight excluding hydrogens is 332 g/mol. The zero-order chi connectivity index (χ0) is 17.9. The van der Waals surface area contributed by atoms with Gasteiger partial charge in [0.15, 0.2) is 0 Å². The highest BCUT2D eigenvalue weighted by molar-refractivity contribution is 5.81. The van der Waals surface area contributed by atoms with Gasteiger partial charge in [0.25, 0.3) is 0 Å². The molecule has 1 amide bonds. The van der Waals surface area contributed by atoms with Crippen molar-refractivity contribution in [3.63, 3.8) is 0 Å². The Labute approximate surface area is 152 Å². The minimum Gasteiger partial charge on any atom is -0.468 e. The number of aryl methyl sites for hydroxylation is 1. The van der Waals surface area contributed by atoms with Crippen LogP contribution in [0.1, 0.15) is 30.0 Å². The maximum absolute atomic E-state index is 12.5. The smallest absolute Gasteiger partial charge is 0.249 e. The van der Waals surface area contributed by atoms with E-state index in [1.54, 1.807) is 18.7 Å². The summed E-state index contributed by atoms with van der Waals surface area (Å²) in [5.41, 5.74) is 1.62. The van der Waals surface area contributed by atoms with Crippen molar-refractivity contribution < 1.29 is 13.9 Å². The third-order valence-electron chi connectivity index (χ3n) is 5.17. The number of likely N-dealkylation sites (tertiary alicyclic amines) is 1. The molecule has 2 aliphatic heterocycles. The van der Waals surface area contributed by atoms with Crippen LogP contribution in [0.25, 0.3) is 0 Å². The third kappa shape index (κ3) is 3.94. The number of piperidine rings is 1. The van der Waals surface area contributed by atoms with E-state index in [0.29, 0.717) is 12.5 Å². The quantitative estimate of drug-likeness (QED) is 0.878. The van der Waals surface area contributed by atoms with Crippen LogP contribution in [0.15, 0.2) is 35.2 Å². The van der Waals surface area contributed by atoms with Crippen molar-refractivity contribution in [1.29, 1.82) is 0 Å². The van der Waals surface area contributed by atoms with Gasteiger partial charge in [-0.3, -0.25) is 19.7 Å². The Morgan fingerprint density at radius 3 is 3.08 bits per heavy atom. The van der Waals surface area contributed by atoms with E-state index >= 15 is 0 Å². The fourth-order valence-electron chi connectivity index (χ4n) is 3.73. The van der Waals surface area contributed by atoms with E-state index in [4.69, 9.17) is 9.15 Å². The first-order valence-corrected chi connectivity index (χ1v) is 9.13. The second-order valence-corrected chi connectivity index (χ2v) is 7.13. The number of furan rings is 1. The number of carbonyl (C=O) groups excluding carboxylic acids is 1. The Bertz CT molecular complexity index is 732. The summed E-state index contributed by atoms with van der Waals surface area (Å²) >= 11 is 0. The highest BCUT2D eigenvalue weighted by Crippen LogP contribution is 2.33. The van der Waals surface area contributed by atoms with Crippen molar-refractivity contribution in [1.82, 2.24) is 20.2 Å². The number of hydrogen-bond acceptors (Lipinski definition) is 6. The molecule has 0 aromatic carbocycles. The molecule has 2 saturated heterocycles. The summed E-state index contributed by atoms with van der Waals surface area (Å²) in [7, 11) is 0. The SMILES string of the molecule is Cc1cnc(CNC(=O)[C@@H]2C[C@@H]3CCN(Cc4ccco4)C[C@H]3O2)cn1. The van der Waals surface area contributed by atoms with Crippen LogP contribution >= 0.6 is 0 Å². The Hall–Kier alpha value is -2.25. The molecule has 0 saturated carbocycles. The number of carbonyl (C=O) groups is 1. The lowest BCUT2D eigenvalue weighted by atomic mass is 9.91. The van der Waals surface area contributed by atoms with Crippen LogP contribution in [-0.2, 0) is 22.6 Å². The number of nitrogens with one attached hydrogen (secondary N) is 1. The summed E-state index contributed by atoms with van der Waals surface area (Å²) in [6, 6.07) is 3.90. The van der Waals surface area contributed by atoms with Gasteiger partial charge >= 0.3 is 0 Å². The lowest BCUT2D eigenvalue weighted by Crippen LogP contribution is -2.42. The number of fused-ring (bicyclic) bond motifs is 1. The highest BCUT2D eigenvalue weighted by atomic mass is 16.5. The molecule has 7 heteroatoms. The minimum atomic E-state index is -0.369. The zero-order valence-electron chi connectivity index (χ0n) is 14.9. The fourth-order valence-corrected chi connectivity index (χ4v) is 3.73. The van der Waals surface area contributed by atoms with Gasteiger partial charge in [0.2, 0.25) is 5.91 Å². The predicted molar refractivity (Wildman–Crippen MR) is 94.0 cm³/mol. The average molecular weight is 356 g/mol. The van der Waals surface area contributed by atoms with Gasteiger partial charge in [0.1, 0.15) is 11.9 Å². The maximum Gasteiger partial charge on any atom is 0.249 e. The van der Waals surface area contributed by atoms with E-state index in [1.807, 2.05) is 19.1 Å². The molecule has 3 atom stereocenters. The Morgan fingerprint density at radius 2 is 2.31 bits per heavy atom. The number of hydrogen-bond donors (Lipinski definition) is 1. The van der Waals surface area contributed by atoms with Gasteiger partial charge in [0, 0.05) is 12.7 Å². The molecule has 0 bridgehead atoms. The molecule has 4 heterocycles. The van der Waals surface area contributed by atoms with E-state index in [1.165, 1.54) is 0 Å². The van der Waals surface area contributed by atoms with Crippen molar-refractivity contribution in [2.75, 3.05) is 13.1 Å². The van der Waals surface area contributed by atoms with Crippen molar-refractivity contribution in [3.8, 4) is 0 Å². The molecule has 2 aromatic rings. The summed E-state index contributed by atoms with van der Waals surface area (Å²) in [6.45, 7) is 4.92. The van der Waals surface area contributed by atoms with E-state index < -0.39 is 0 Å². The zero-order valence-corrected chi connectivity index (χ0v) is 14.9. The molecule has 0 spiro atoms. The second kappa shape index (κ2) is 7.55. The summed E-state index contributed by atoms with van der Waals surface area (Å²) in [4.78, 5) is 23.2. The van der Waals surface area contributed by atoms with Crippen LogP contribution in [0.2, 0.25) is 0 Å². The molecule has 2 fully saturated rings. The molecule has 26 heavy (non-hydrogen) atoms. The van der Waals surface area contributed by atoms with E-state index in [9.17, 15) is 4.79 Å². The molecule has 0 aliphatic carbocycles. The summed E-state index contributed by atoms with van der Waals surface area (Å²) < 4.78 is 11.5. The molecule has 1 N–H and O–H groups in total. The predicted octanol–water partition coefficient (Wildman–Crippen LogP) is 1.67. The van der Waals surface area contributed by atoms with Crippen LogP contribution in [0.5, 0.6) is 0 Å². The normalized spacial score (nSPS) is 25.8. The van der Waals surface area contributed by atoms with Crippen LogP contribution in [0.4, 0.5) is 0 Å². The van der Waals surface area contributed by atoms with Crippen LogP contribution in [0, 0.1) is 12.8 Å². The Balaban J connectivity index is 1.27. The fraction of sp³-hybridized carbons (Fsp3) is 0.526. The average Bonchev–Trinajstić information content (AvgIpc) is 3.30. The highest BCUT2D eigenvalue weighted by Gasteiger charge is 2.41. The van der Waals surface area contributed by atoms with Crippen molar-refractivity contribution in [2.24, 2.45) is 5.92 Å². The molecular formula is C19H24N4O3. The number of nitrogens with zero attached hydrogens (tertiary/aromatic N) is 3. The number of amides is 1. The minimum absolute atomic E-state index is 0.0561. The van der Waals surface area contributed by atoms with Gasteiger partial charge in [-0.15, -0.1) is 0 Å². The number of aromatic nitrogens is 2. The first kappa shape index (κ1) is 17.2. The lowest BCUT2D eigenvalue weighted by Gasteiger charge is -2.33. The summed E-state index contributed by atoms with van der Waals surface area (Å²) in [5.74, 6) is 1.37. The number of ether oxygens (including phenoxy) is 1. The molecule has 0 radical (unpaired) electrons. The lowest BCUT2D eigenvalue weighted by molar-refractivity contribution is -0.133. The Kier molecular flexibility index (Phi) is 4.99. The monoisotopic (exact) mass is 356 g/mol. The van der Waals surface area contributed by atoms with Gasteiger partial charge in [-0.1, -0.05) is 0 Å². The van der Waals surface area contributed by atoms with Crippen LogP contribution in [0.3, 0.4) is 0 Å². The maximum atomic E-state index is 12.5. The van der Waals surface area contributed by atoms with Gasteiger partial charge in [0.05, 0.1) is 43.0 Å². The molecule has 138 valence electrons. The van der Waals surface area contributed by atoms with Gasteiger partial charge < -0.3 is 14.5 Å². The first-order chi connectivity index (χ1) is 12.7. The molecule has 2 aliphatic rings. The summed E-state index contributed by atoms with van der Waals surface area (Å²) in [5, 5.41) is 2.92.